The Morgan fingerprint density at radius 3 is 2.50 bits per heavy atom. The maximum atomic E-state index is 12.5. The molecule has 0 aliphatic heterocycles. The van der Waals surface area contributed by atoms with Crippen molar-refractivity contribution < 1.29 is 19.1 Å². The minimum Gasteiger partial charge on any atom is -0.464 e. The smallest absolute Gasteiger partial charge is 0.360 e. The van der Waals surface area contributed by atoms with Crippen LogP contribution in [-0.2, 0) is 4.74 Å². The van der Waals surface area contributed by atoms with Gasteiger partial charge in [0.1, 0.15) is 11.2 Å². The van der Waals surface area contributed by atoms with Gasteiger partial charge in [0.25, 0.3) is 0 Å². The molecule has 0 fully saturated rings. The van der Waals surface area contributed by atoms with E-state index in [1.165, 1.54) is 13.3 Å². The molecule has 0 N–H and O–H groups in total. The first-order chi connectivity index (χ1) is 12.7. The molecule has 0 saturated heterocycles. The summed E-state index contributed by atoms with van der Waals surface area (Å²) in [6, 6.07) is 11.9. The lowest BCUT2D eigenvalue weighted by atomic mass is 10.1. The van der Waals surface area contributed by atoms with Crippen LogP contribution in [0, 0.1) is 11.8 Å². The second kappa shape index (κ2) is 7.45. The second-order valence-electron chi connectivity index (χ2n) is 5.16. The zero-order valence-corrected chi connectivity index (χ0v) is 14.1. The van der Waals surface area contributed by atoms with Crippen molar-refractivity contribution in [3.63, 3.8) is 0 Å². The van der Waals surface area contributed by atoms with Crippen molar-refractivity contribution in [1.82, 2.24) is 9.97 Å². The lowest BCUT2D eigenvalue weighted by Crippen LogP contribution is -2.15. The molecule has 0 spiro atoms. The van der Waals surface area contributed by atoms with Crippen LogP contribution in [0.4, 0.5) is 0 Å². The van der Waals surface area contributed by atoms with Crippen LogP contribution in [0.3, 0.4) is 0 Å². The van der Waals surface area contributed by atoms with Crippen LogP contribution in [0.15, 0.2) is 48.7 Å². The number of methoxy groups -OCH3 is 1. The summed E-state index contributed by atoms with van der Waals surface area (Å²) in [4.78, 5) is 33.2. The standard InChI is InChI=1S/C20H14N2O4/c1-3-8-15-14-11-7-12-21-16(14)18(17(22-15)20(24)25-2)26-19(23)13-9-5-4-6-10-13/h4-7,9-12H,1-2H3. The van der Waals surface area contributed by atoms with Crippen molar-refractivity contribution in [3.8, 4) is 17.6 Å². The number of hydrogen-bond donors (Lipinski definition) is 0. The minimum absolute atomic E-state index is 0.0528. The molecule has 3 aromatic rings. The van der Waals surface area contributed by atoms with Gasteiger partial charge in [-0.25, -0.2) is 14.6 Å². The number of pyridine rings is 2. The SMILES string of the molecule is CC#Cc1nc(C(=O)OC)c(OC(=O)c2ccccc2)c2ncccc12. The molecule has 0 aliphatic carbocycles. The number of ether oxygens (including phenoxy) is 2. The zero-order valence-electron chi connectivity index (χ0n) is 14.1. The van der Waals surface area contributed by atoms with Crippen molar-refractivity contribution >= 4 is 22.8 Å². The number of fused-ring (bicyclic) bond motifs is 1. The molecule has 0 amide bonds. The summed E-state index contributed by atoms with van der Waals surface area (Å²) in [5.41, 5.74) is 0.853. The van der Waals surface area contributed by atoms with Crippen molar-refractivity contribution in [2.75, 3.05) is 7.11 Å². The molecular weight excluding hydrogens is 332 g/mol. The third-order valence-electron chi connectivity index (χ3n) is 3.54. The Bertz CT molecular complexity index is 1050. The number of aromatic nitrogens is 2. The summed E-state index contributed by atoms with van der Waals surface area (Å²) in [6.45, 7) is 1.66. The van der Waals surface area contributed by atoms with Gasteiger partial charge in [-0.15, -0.1) is 0 Å². The van der Waals surface area contributed by atoms with Gasteiger partial charge in [-0.2, -0.15) is 0 Å². The molecule has 1 aromatic carbocycles. The van der Waals surface area contributed by atoms with Gasteiger partial charge in [-0.05, 0) is 37.1 Å². The molecule has 0 bridgehead atoms. The predicted molar refractivity (Wildman–Crippen MR) is 94.8 cm³/mol. The number of carbonyl (C=O) groups is 2. The van der Waals surface area contributed by atoms with Crippen molar-refractivity contribution in [1.29, 1.82) is 0 Å². The largest absolute Gasteiger partial charge is 0.464 e. The van der Waals surface area contributed by atoms with E-state index in [1.54, 1.807) is 49.4 Å². The Kier molecular flexibility index (Phi) is 4.90. The molecule has 6 nitrogen and oxygen atoms in total. The molecule has 3 rings (SSSR count). The predicted octanol–water partition coefficient (Wildman–Crippen LogP) is 3.01. The number of esters is 2. The second-order valence-corrected chi connectivity index (χ2v) is 5.16. The van der Waals surface area contributed by atoms with E-state index in [1.807, 2.05) is 0 Å². The molecule has 2 heterocycles. The molecule has 0 atom stereocenters. The van der Waals surface area contributed by atoms with Crippen LogP contribution in [0.5, 0.6) is 5.75 Å². The van der Waals surface area contributed by atoms with Gasteiger partial charge in [0.15, 0.2) is 11.4 Å². The van der Waals surface area contributed by atoms with Gasteiger partial charge in [0.05, 0.1) is 12.7 Å². The first kappa shape index (κ1) is 17.1. The van der Waals surface area contributed by atoms with E-state index >= 15 is 0 Å². The van der Waals surface area contributed by atoms with Gasteiger partial charge in [-0.3, -0.25) is 4.98 Å². The fourth-order valence-electron chi connectivity index (χ4n) is 2.38. The molecule has 6 heteroatoms. The van der Waals surface area contributed by atoms with E-state index in [0.29, 0.717) is 22.2 Å². The molecule has 0 unspecified atom stereocenters. The maximum Gasteiger partial charge on any atom is 0.360 e. The molecule has 0 radical (unpaired) electrons. The topological polar surface area (TPSA) is 78.4 Å². The van der Waals surface area contributed by atoms with Crippen LogP contribution < -0.4 is 4.74 Å². The highest BCUT2D eigenvalue weighted by atomic mass is 16.5. The Labute approximate surface area is 149 Å². The lowest BCUT2D eigenvalue weighted by molar-refractivity contribution is 0.0586. The summed E-state index contributed by atoms with van der Waals surface area (Å²) >= 11 is 0. The summed E-state index contributed by atoms with van der Waals surface area (Å²) in [6.07, 6.45) is 1.53. The van der Waals surface area contributed by atoms with E-state index in [4.69, 9.17) is 9.47 Å². The van der Waals surface area contributed by atoms with Gasteiger partial charge < -0.3 is 9.47 Å². The monoisotopic (exact) mass is 346 g/mol. The quantitative estimate of drug-likeness (QED) is 0.536. The van der Waals surface area contributed by atoms with Crippen molar-refractivity contribution in [3.05, 3.63) is 65.6 Å². The molecular formula is C20H14N2O4. The van der Waals surface area contributed by atoms with Crippen molar-refractivity contribution in [2.45, 2.75) is 6.92 Å². The third kappa shape index (κ3) is 3.23. The third-order valence-corrected chi connectivity index (χ3v) is 3.54. The number of benzene rings is 1. The van der Waals surface area contributed by atoms with E-state index in [-0.39, 0.29) is 11.4 Å². The lowest BCUT2D eigenvalue weighted by Gasteiger charge is -2.12. The van der Waals surface area contributed by atoms with E-state index < -0.39 is 11.9 Å². The molecule has 26 heavy (non-hydrogen) atoms. The number of nitrogens with zero attached hydrogens (tertiary/aromatic N) is 2. The van der Waals surface area contributed by atoms with E-state index in [2.05, 4.69) is 21.8 Å². The Morgan fingerprint density at radius 2 is 1.81 bits per heavy atom. The molecule has 0 aliphatic rings. The number of hydrogen-bond acceptors (Lipinski definition) is 6. The van der Waals surface area contributed by atoms with Crippen LogP contribution in [0.1, 0.15) is 33.5 Å². The fraction of sp³-hybridized carbons (Fsp3) is 0.100. The number of carbonyl (C=O) groups excluding carboxylic acids is 2. The van der Waals surface area contributed by atoms with Crippen molar-refractivity contribution in [2.24, 2.45) is 0 Å². The maximum absolute atomic E-state index is 12.5. The molecule has 2 aromatic heterocycles. The minimum atomic E-state index is -0.743. The van der Waals surface area contributed by atoms with Gasteiger partial charge >= 0.3 is 11.9 Å². The van der Waals surface area contributed by atoms with E-state index in [0.717, 1.165) is 0 Å². The first-order valence-electron chi connectivity index (χ1n) is 7.72. The van der Waals surface area contributed by atoms with E-state index in [9.17, 15) is 9.59 Å². The average molecular weight is 346 g/mol. The van der Waals surface area contributed by atoms with Crippen LogP contribution in [0.25, 0.3) is 10.9 Å². The number of rotatable bonds is 3. The van der Waals surface area contributed by atoms with Gasteiger partial charge in [-0.1, -0.05) is 24.1 Å². The highest BCUT2D eigenvalue weighted by Crippen LogP contribution is 2.30. The van der Waals surface area contributed by atoms with Gasteiger partial charge in [0, 0.05) is 11.6 Å². The van der Waals surface area contributed by atoms with Crippen LogP contribution in [0.2, 0.25) is 0 Å². The highest BCUT2D eigenvalue weighted by Gasteiger charge is 2.24. The molecule has 0 saturated carbocycles. The summed E-state index contributed by atoms with van der Waals surface area (Å²) in [5, 5.41) is 0.574. The average Bonchev–Trinajstić information content (AvgIpc) is 2.69. The van der Waals surface area contributed by atoms with Crippen LogP contribution >= 0.6 is 0 Å². The zero-order chi connectivity index (χ0) is 18.5. The Hall–Kier alpha value is -3.72. The summed E-state index contributed by atoms with van der Waals surface area (Å²) in [5.74, 6) is 4.16. The Morgan fingerprint density at radius 1 is 1.04 bits per heavy atom. The molecule has 128 valence electrons. The summed E-state index contributed by atoms with van der Waals surface area (Å²) < 4.78 is 10.3. The Balaban J connectivity index is 2.21. The highest BCUT2D eigenvalue weighted by molar-refractivity contribution is 6.02. The summed E-state index contributed by atoms with van der Waals surface area (Å²) in [7, 11) is 1.22. The normalized spacial score (nSPS) is 9.92. The fourth-order valence-corrected chi connectivity index (χ4v) is 2.38. The van der Waals surface area contributed by atoms with Crippen LogP contribution in [-0.4, -0.2) is 29.0 Å². The first-order valence-corrected chi connectivity index (χ1v) is 7.72. The van der Waals surface area contributed by atoms with Gasteiger partial charge in [0.2, 0.25) is 0 Å².